The summed E-state index contributed by atoms with van der Waals surface area (Å²) in [6, 6.07) is 5.09. The third kappa shape index (κ3) is 2.82. The number of nitrogens with two attached hydrogens (primary N) is 1. The van der Waals surface area contributed by atoms with Gasteiger partial charge in [0.25, 0.3) is 11.6 Å². The molecule has 1 amide bonds. The van der Waals surface area contributed by atoms with E-state index >= 15 is 0 Å². The molecular weight excluding hydrogens is 272 g/mol. The summed E-state index contributed by atoms with van der Waals surface area (Å²) in [6.45, 7) is 1.85. The van der Waals surface area contributed by atoms with Crippen LogP contribution in [0.5, 0.6) is 0 Å². The zero-order chi connectivity index (χ0) is 15.0. The van der Waals surface area contributed by atoms with Gasteiger partial charge < -0.3 is 11.1 Å². The summed E-state index contributed by atoms with van der Waals surface area (Å²) in [6.07, 6.45) is 3.41. The Morgan fingerprint density at radius 1 is 1.38 bits per heavy atom. The van der Waals surface area contributed by atoms with Crippen molar-refractivity contribution >= 4 is 17.3 Å². The lowest BCUT2D eigenvalue weighted by Gasteiger charge is -2.16. The van der Waals surface area contributed by atoms with Gasteiger partial charge >= 0.3 is 0 Å². The molecule has 1 atom stereocenters. The minimum absolute atomic E-state index is 0.0722. The van der Waals surface area contributed by atoms with Crippen LogP contribution in [0.2, 0.25) is 0 Å². The van der Waals surface area contributed by atoms with E-state index in [1.807, 2.05) is 0 Å². The largest absolute Gasteiger partial charge is 0.393 e. The lowest BCUT2D eigenvalue weighted by atomic mass is 10.1. The van der Waals surface area contributed by atoms with Crippen molar-refractivity contribution in [3.63, 3.8) is 0 Å². The number of hydrogen-bond donors (Lipinski definition) is 2. The number of nitrogens with one attached hydrogen (secondary N) is 1. The number of amides is 1. The van der Waals surface area contributed by atoms with Gasteiger partial charge in [0.2, 0.25) is 0 Å². The molecule has 1 aromatic carbocycles. The third-order valence-electron chi connectivity index (χ3n) is 4.14. The van der Waals surface area contributed by atoms with Crippen LogP contribution in [0.4, 0.5) is 11.4 Å². The molecule has 1 aromatic rings. The van der Waals surface area contributed by atoms with E-state index in [0.717, 1.165) is 19.5 Å². The Balaban J connectivity index is 1.68. The normalized spacial score (nSPS) is 22.2. The first-order valence-electron chi connectivity index (χ1n) is 7.14. The van der Waals surface area contributed by atoms with Crippen LogP contribution in [0.25, 0.3) is 0 Å². The number of rotatable bonds is 4. The topological polar surface area (TPSA) is 102 Å². The smallest absolute Gasteiger partial charge is 0.292 e. The molecule has 3 rings (SSSR count). The molecule has 1 saturated heterocycles. The number of hydrogen-bond acceptors (Lipinski definition) is 5. The standard InChI is InChI=1S/C14H18N4O3/c15-13-11(2-1-3-12(13)18(20)21)14(19)16-9-6-7-17(8-9)10-4-5-10/h1-3,9-10H,4-8,15H2,(H,16,19). The SMILES string of the molecule is Nc1c(C(=O)NC2CCN(C3CC3)C2)cccc1[N+](=O)[O-]. The Morgan fingerprint density at radius 2 is 2.14 bits per heavy atom. The van der Waals surface area contributed by atoms with Gasteiger partial charge in [-0.1, -0.05) is 6.07 Å². The Morgan fingerprint density at radius 3 is 2.81 bits per heavy atom. The molecule has 7 nitrogen and oxygen atoms in total. The average molecular weight is 290 g/mol. The van der Waals surface area contributed by atoms with Crippen LogP contribution in [-0.4, -0.2) is 40.9 Å². The highest BCUT2D eigenvalue weighted by atomic mass is 16.6. The molecule has 1 aliphatic heterocycles. The second-order valence-electron chi connectivity index (χ2n) is 5.68. The van der Waals surface area contributed by atoms with Crippen molar-refractivity contribution in [2.45, 2.75) is 31.3 Å². The molecule has 0 bridgehead atoms. The number of nitro benzene ring substituents is 1. The van der Waals surface area contributed by atoms with E-state index < -0.39 is 4.92 Å². The maximum absolute atomic E-state index is 12.3. The van der Waals surface area contributed by atoms with Crippen molar-refractivity contribution < 1.29 is 9.72 Å². The highest BCUT2D eigenvalue weighted by molar-refractivity contribution is 6.01. The number of nitro groups is 1. The first kappa shape index (κ1) is 13.8. The summed E-state index contributed by atoms with van der Waals surface area (Å²) in [7, 11) is 0. The van der Waals surface area contributed by atoms with E-state index in [1.54, 1.807) is 0 Å². The molecule has 2 fully saturated rings. The van der Waals surface area contributed by atoms with E-state index in [1.165, 1.54) is 31.0 Å². The van der Waals surface area contributed by atoms with Crippen molar-refractivity contribution in [2.75, 3.05) is 18.8 Å². The number of carbonyl (C=O) groups excluding carboxylic acids is 1. The first-order chi connectivity index (χ1) is 10.1. The molecule has 0 radical (unpaired) electrons. The molecule has 7 heteroatoms. The maximum Gasteiger partial charge on any atom is 0.292 e. The second kappa shape index (κ2) is 5.33. The lowest BCUT2D eigenvalue weighted by molar-refractivity contribution is -0.383. The fourth-order valence-corrected chi connectivity index (χ4v) is 2.85. The van der Waals surface area contributed by atoms with E-state index in [-0.39, 0.29) is 28.9 Å². The number of benzene rings is 1. The molecule has 0 aromatic heterocycles. The zero-order valence-electron chi connectivity index (χ0n) is 11.6. The third-order valence-corrected chi connectivity index (χ3v) is 4.14. The second-order valence-corrected chi connectivity index (χ2v) is 5.68. The van der Waals surface area contributed by atoms with Gasteiger partial charge in [-0.3, -0.25) is 19.8 Å². The minimum atomic E-state index is -0.573. The van der Waals surface area contributed by atoms with Gasteiger partial charge in [-0.05, 0) is 25.3 Å². The van der Waals surface area contributed by atoms with E-state index in [2.05, 4.69) is 10.2 Å². The Kier molecular flexibility index (Phi) is 3.50. The number of anilines is 1. The van der Waals surface area contributed by atoms with Crippen molar-refractivity contribution in [1.29, 1.82) is 0 Å². The van der Waals surface area contributed by atoms with E-state index in [0.29, 0.717) is 6.04 Å². The summed E-state index contributed by atoms with van der Waals surface area (Å²) >= 11 is 0. The van der Waals surface area contributed by atoms with Crippen LogP contribution < -0.4 is 11.1 Å². The Bertz CT molecular complexity index is 586. The fourth-order valence-electron chi connectivity index (χ4n) is 2.85. The quantitative estimate of drug-likeness (QED) is 0.492. The van der Waals surface area contributed by atoms with Crippen LogP contribution in [0.3, 0.4) is 0 Å². The van der Waals surface area contributed by atoms with Gasteiger partial charge in [0, 0.05) is 31.2 Å². The number of nitrogens with zero attached hydrogens (tertiary/aromatic N) is 2. The lowest BCUT2D eigenvalue weighted by Crippen LogP contribution is -2.37. The van der Waals surface area contributed by atoms with Crippen LogP contribution in [0, 0.1) is 10.1 Å². The van der Waals surface area contributed by atoms with Crippen LogP contribution in [0.15, 0.2) is 18.2 Å². The molecule has 1 heterocycles. The van der Waals surface area contributed by atoms with Gasteiger partial charge in [-0.15, -0.1) is 0 Å². The monoisotopic (exact) mass is 290 g/mol. The van der Waals surface area contributed by atoms with E-state index in [4.69, 9.17) is 5.73 Å². The number of para-hydroxylation sites is 1. The average Bonchev–Trinajstić information content (AvgIpc) is 3.19. The minimum Gasteiger partial charge on any atom is -0.393 e. The molecule has 2 aliphatic rings. The van der Waals surface area contributed by atoms with Crippen molar-refractivity contribution in [3.8, 4) is 0 Å². The van der Waals surface area contributed by atoms with Crippen LogP contribution in [-0.2, 0) is 0 Å². The summed E-state index contributed by atoms with van der Waals surface area (Å²) in [5.74, 6) is -0.334. The van der Waals surface area contributed by atoms with Crippen molar-refractivity contribution in [1.82, 2.24) is 10.2 Å². The molecule has 0 spiro atoms. The van der Waals surface area contributed by atoms with Crippen LogP contribution in [0.1, 0.15) is 29.6 Å². The van der Waals surface area contributed by atoms with E-state index in [9.17, 15) is 14.9 Å². The predicted molar refractivity (Wildman–Crippen MR) is 78.0 cm³/mol. The first-order valence-corrected chi connectivity index (χ1v) is 7.14. The highest BCUT2D eigenvalue weighted by Crippen LogP contribution is 2.30. The molecule has 112 valence electrons. The summed E-state index contributed by atoms with van der Waals surface area (Å²) < 4.78 is 0. The fraction of sp³-hybridized carbons (Fsp3) is 0.500. The maximum atomic E-state index is 12.3. The molecule has 21 heavy (non-hydrogen) atoms. The predicted octanol–water partition coefficient (Wildman–Crippen LogP) is 1.14. The van der Waals surface area contributed by atoms with Gasteiger partial charge in [-0.25, -0.2) is 0 Å². The molecular formula is C14H18N4O3. The van der Waals surface area contributed by atoms with Crippen molar-refractivity contribution in [2.24, 2.45) is 0 Å². The number of likely N-dealkylation sites (tertiary alicyclic amines) is 1. The zero-order valence-corrected chi connectivity index (χ0v) is 11.6. The van der Waals surface area contributed by atoms with Gasteiger partial charge in [-0.2, -0.15) is 0 Å². The summed E-state index contributed by atoms with van der Waals surface area (Å²) in [5, 5.41) is 13.8. The molecule has 1 unspecified atom stereocenters. The summed E-state index contributed by atoms with van der Waals surface area (Å²) in [4.78, 5) is 24.9. The summed E-state index contributed by atoms with van der Waals surface area (Å²) in [5.41, 5.74) is 5.61. The highest BCUT2D eigenvalue weighted by Gasteiger charge is 2.35. The van der Waals surface area contributed by atoms with Gasteiger partial charge in [0.1, 0.15) is 5.69 Å². The molecule has 1 saturated carbocycles. The number of nitrogen functional groups attached to an aromatic ring is 1. The molecule has 3 N–H and O–H groups in total. The van der Waals surface area contributed by atoms with Gasteiger partial charge in [0.15, 0.2) is 0 Å². The van der Waals surface area contributed by atoms with Gasteiger partial charge in [0.05, 0.1) is 10.5 Å². The van der Waals surface area contributed by atoms with Crippen LogP contribution >= 0.6 is 0 Å². The van der Waals surface area contributed by atoms with Crippen molar-refractivity contribution in [3.05, 3.63) is 33.9 Å². The Labute approximate surface area is 122 Å². The number of carbonyl (C=O) groups is 1. The molecule has 1 aliphatic carbocycles. The Hall–Kier alpha value is -2.15.